The van der Waals surface area contributed by atoms with Gasteiger partial charge in [-0.1, -0.05) is 428 Å². The molecular formula is C104H196N2O. The van der Waals surface area contributed by atoms with Gasteiger partial charge in [0.2, 0.25) is 0 Å². The van der Waals surface area contributed by atoms with Gasteiger partial charge in [0.15, 0.2) is 0 Å². The van der Waals surface area contributed by atoms with Crippen LogP contribution in [0.15, 0.2) is 176 Å². The number of hydrogen-bond acceptors (Lipinski definition) is 3. The van der Waals surface area contributed by atoms with Crippen LogP contribution in [0, 0.1) is 23.7 Å². The van der Waals surface area contributed by atoms with E-state index in [1.54, 1.807) is 62.0 Å². The number of hydrogen-bond donors (Lipinski definition) is 0. The molecule has 107 heavy (non-hydrogen) atoms. The molecule has 8 aliphatic carbocycles. The highest BCUT2D eigenvalue weighted by atomic mass is 16.5. The Bertz CT molecular complexity index is 2270. The number of allylic oxidation sites excluding steroid dienone is 7. The zero-order valence-corrected chi connectivity index (χ0v) is 77.4. The number of benzene rings is 4. The number of likely N-dealkylation sites (tertiary alicyclic amines) is 1. The molecular weight excluding hydrogens is 1290 g/mol. The molecule has 628 valence electrons. The summed E-state index contributed by atoms with van der Waals surface area (Å²) >= 11 is 0. The third-order valence-corrected chi connectivity index (χ3v) is 15.3. The minimum atomic E-state index is 0. The molecule has 2 unspecified atom stereocenters. The van der Waals surface area contributed by atoms with Gasteiger partial charge in [-0.15, -0.1) is 0 Å². The highest BCUT2D eigenvalue weighted by Gasteiger charge is 2.41. The third kappa shape index (κ3) is 78.7. The Kier molecular flexibility index (Phi) is 134. The molecule has 0 spiro atoms. The molecule has 0 N–H and O–H groups in total. The van der Waals surface area contributed by atoms with Gasteiger partial charge in [-0.3, -0.25) is 4.98 Å². The standard InChI is InChI=1S/C10H12O.C10H16.C10H12.C9H8.C9H12.C6H10.C5H5N.C5H6.C4H9N.4C3H8.11C2H6.2CH4/c1-8-6-7-11-10-5-3-2-4-9(8)10;1-7-2-9-4-8(1)5-10(3-7)6-9;1-8-6-7-9-4-2-3-5-10(8)9;1-2-5-9-7-3-6-8(9)4-1;1-8(2)9-6-4-3-5-7-9;2*1-2-4-6-5-3-1;1-2-4-5-3-1;1-5-3-2-4-5;4*1-3-2;11*1-2;;/h2-5,8H,6-7H2,1H3;7-10H,1-6H2;2-5,8H,6-7H2,1H3;1-6H,7H2;3-8H,1-2H3;1-2H,3-6H2;1-5H;1-4H,5H2;2-4H2,1H3;4*3H2,1-2H3;11*1-2H3;2*1H4. The monoisotopic (exact) mass is 1490 g/mol. The lowest BCUT2D eigenvalue weighted by molar-refractivity contribution is 0.0198. The van der Waals surface area contributed by atoms with Crippen LogP contribution in [0.4, 0.5) is 0 Å². The van der Waals surface area contributed by atoms with Crippen molar-refractivity contribution >= 4 is 6.08 Å². The van der Waals surface area contributed by atoms with Crippen molar-refractivity contribution in [1.82, 2.24) is 9.88 Å². The van der Waals surface area contributed by atoms with Gasteiger partial charge in [-0.05, 0) is 216 Å². The van der Waals surface area contributed by atoms with Crippen molar-refractivity contribution in [2.45, 2.75) is 396 Å². The van der Waals surface area contributed by atoms with Crippen molar-refractivity contribution in [2.75, 3.05) is 26.7 Å². The molecule has 5 aromatic rings. The molecule has 1 aromatic heterocycles. The zero-order valence-electron chi connectivity index (χ0n) is 77.4. The first-order chi connectivity index (χ1) is 51.5. The normalized spacial score (nSPS) is 16.7. The summed E-state index contributed by atoms with van der Waals surface area (Å²) in [5.41, 5.74) is 8.75. The second-order valence-corrected chi connectivity index (χ2v) is 24.3. The quantitative estimate of drug-likeness (QED) is 0.156. The van der Waals surface area contributed by atoms with Crippen LogP contribution in [0.3, 0.4) is 0 Å². The van der Waals surface area contributed by atoms with E-state index < -0.39 is 0 Å². The van der Waals surface area contributed by atoms with E-state index in [-0.39, 0.29) is 14.9 Å². The van der Waals surface area contributed by atoms with Crippen molar-refractivity contribution in [3.05, 3.63) is 210 Å². The van der Waals surface area contributed by atoms with Gasteiger partial charge in [0.1, 0.15) is 5.75 Å². The third-order valence-electron chi connectivity index (χ3n) is 15.3. The van der Waals surface area contributed by atoms with Gasteiger partial charge in [-0.2, -0.15) is 0 Å². The van der Waals surface area contributed by atoms with E-state index in [9.17, 15) is 0 Å². The van der Waals surface area contributed by atoms with E-state index in [0.717, 1.165) is 37.5 Å². The summed E-state index contributed by atoms with van der Waals surface area (Å²) < 4.78 is 5.49. The van der Waals surface area contributed by atoms with Gasteiger partial charge in [-0.25, -0.2) is 0 Å². The van der Waals surface area contributed by atoms with Crippen LogP contribution < -0.4 is 4.74 Å². The Hall–Kier alpha value is -5.25. The summed E-state index contributed by atoms with van der Waals surface area (Å²) in [4.78, 5) is 6.09. The first-order valence-electron chi connectivity index (χ1n) is 44.6. The van der Waals surface area contributed by atoms with Crippen LogP contribution in [0.2, 0.25) is 0 Å². The van der Waals surface area contributed by atoms with Crippen LogP contribution in [0.5, 0.6) is 5.75 Å². The maximum Gasteiger partial charge on any atom is 0.122 e. The van der Waals surface area contributed by atoms with Gasteiger partial charge >= 0.3 is 0 Å². The first kappa shape index (κ1) is 128. The molecule has 0 amide bonds. The molecule has 0 radical (unpaired) electrons. The predicted molar refractivity (Wildman–Crippen MR) is 509 cm³/mol. The fourth-order valence-corrected chi connectivity index (χ4v) is 11.2. The molecule has 2 atom stereocenters. The average Bonchev–Trinajstić information content (AvgIpc) is 1.79. The topological polar surface area (TPSA) is 25.4 Å². The van der Waals surface area contributed by atoms with Crippen molar-refractivity contribution in [3.63, 3.8) is 0 Å². The number of aromatic nitrogens is 1. The van der Waals surface area contributed by atoms with E-state index in [1.165, 1.54) is 130 Å². The van der Waals surface area contributed by atoms with Crippen LogP contribution in [0.25, 0.3) is 6.08 Å². The summed E-state index contributed by atoms with van der Waals surface area (Å²) in [6.45, 7) is 73.5. The molecule has 3 nitrogen and oxygen atoms in total. The Morgan fingerprint density at radius 1 is 0.402 bits per heavy atom. The smallest absolute Gasteiger partial charge is 0.122 e. The lowest BCUT2D eigenvalue weighted by Gasteiger charge is -2.49. The molecule has 4 bridgehead atoms. The number of fused-ring (bicyclic) bond motifs is 3. The molecule has 15 rings (SSSR count). The fourth-order valence-electron chi connectivity index (χ4n) is 11.2. The van der Waals surface area contributed by atoms with E-state index in [4.69, 9.17) is 4.74 Å². The van der Waals surface area contributed by atoms with Gasteiger partial charge in [0, 0.05) is 12.4 Å². The molecule has 10 aliphatic rings. The lowest BCUT2D eigenvalue weighted by atomic mass is 9.56. The second kappa shape index (κ2) is 112. The van der Waals surface area contributed by atoms with Crippen LogP contribution in [-0.4, -0.2) is 36.6 Å². The highest BCUT2D eigenvalue weighted by molar-refractivity contribution is 5.59. The fraction of sp³-hybridized carbons (Fsp3) is 0.644. The van der Waals surface area contributed by atoms with Crippen molar-refractivity contribution in [1.29, 1.82) is 0 Å². The molecule has 4 saturated carbocycles. The molecule has 4 aromatic carbocycles. The van der Waals surface area contributed by atoms with Crippen LogP contribution in [0.1, 0.15) is 417 Å². The molecule has 5 fully saturated rings. The molecule has 3 heteroatoms. The molecule has 1 saturated heterocycles. The van der Waals surface area contributed by atoms with Crippen molar-refractivity contribution in [3.8, 4) is 5.75 Å². The van der Waals surface area contributed by atoms with E-state index in [2.05, 4.69) is 234 Å². The lowest BCUT2D eigenvalue weighted by Crippen LogP contribution is -2.38. The number of pyridine rings is 1. The van der Waals surface area contributed by atoms with Gasteiger partial charge < -0.3 is 9.64 Å². The Balaban J connectivity index is -0.0000000907. The minimum Gasteiger partial charge on any atom is -0.493 e. The highest BCUT2D eigenvalue weighted by Crippen LogP contribution is 2.53. The average molecular weight is 1490 g/mol. The van der Waals surface area contributed by atoms with Crippen LogP contribution >= 0.6 is 0 Å². The first-order valence-corrected chi connectivity index (χ1v) is 44.6. The number of ether oxygens (including phenoxy) is 1. The van der Waals surface area contributed by atoms with E-state index in [0.29, 0.717) is 11.8 Å². The number of para-hydroxylation sites is 1. The summed E-state index contributed by atoms with van der Waals surface area (Å²) in [7, 11) is 2.14. The summed E-state index contributed by atoms with van der Waals surface area (Å²) in [5, 5.41) is 0. The summed E-state index contributed by atoms with van der Waals surface area (Å²) in [5.74, 6) is 7.91. The Morgan fingerprint density at radius 3 is 1.04 bits per heavy atom. The van der Waals surface area contributed by atoms with Crippen LogP contribution in [-0.2, 0) is 12.8 Å². The zero-order chi connectivity index (χ0) is 82.6. The summed E-state index contributed by atoms with van der Waals surface area (Å²) in [6, 6.07) is 41.8. The Labute approximate surface area is 678 Å². The largest absolute Gasteiger partial charge is 0.493 e. The predicted octanol–water partition coefficient (Wildman–Crippen LogP) is 36.5. The summed E-state index contributed by atoms with van der Waals surface area (Å²) in [6.07, 6.45) is 48.3. The van der Waals surface area contributed by atoms with E-state index in [1.807, 2.05) is 189 Å². The van der Waals surface area contributed by atoms with Gasteiger partial charge in [0.05, 0.1) is 6.61 Å². The molecule has 3 heterocycles. The number of nitrogens with zero attached hydrogens (tertiary/aromatic N) is 2. The van der Waals surface area contributed by atoms with Crippen molar-refractivity contribution in [2.24, 2.45) is 23.7 Å². The van der Waals surface area contributed by atoms with Gasteiger partial charge in [0.25, 0.3) is 0 Å². The molecule has 2 aliphatic heterocycles. The van der Waals surface area contributed by atoms with E-state index >= 15 is 0 Å². The van der Waals surface area contributed by atoms with Crippen molar-refractivity contribution < 1.29 is 4.74 Å². The number of aryl methyl sites for hydroxylation is 1. The SMILES string of the molecule is C.C.C1=CCC=C1.C1=CCCCC1.C1=Cc2ccccc2C1.C1C2CC3CC1CC(C2)C3.CC.CC.CC.CC.CC.CC.CC.CC.CC.CC.CC.CC(C)c1ccccc1.CC1CCOc2ccccc21.CC1CCc2ccccc21.CCC.CCC.CCC.CCC.CN1CCC1.c1ccncc1. The minimum absolute atomic E-state index is 0. The maximum atomic E-state index is 5.49. The second-order valence-electron chi connectivity index (χ2n) is 24.3. The number of rotatable bonds is 1. The Morgan fingerprint density at radius 2 is 0.748 bits per heavy atom. The maximum absolute atomic E-state index is 5.49.